The number of carbonyl (C=O) groups is 2. The van der Waals surface area contributed by atoms with Gasteiger partial charge in [-0.3, -0.25) is 24.0 Å². The molecule has 0 radical (unpaired) electrons. The van der Waals surface area contributed by atoms with Gasteiger partial charge >= 0.3 is 5.69 Å². The summed E-state index contributed by atoms with van der Waals surface area (Å²) in [5.41, 5.74) is 1.10. The Morgan fingerprint density at radius 3 is 2.62 bits per heavy atom. The van der Waals surface area contributed by atoms with E-state index < -0.39 is 36.1 Å². The molecule has 10 heteroatoms. The van der Waals surface area contributed by atoms with Gasteiger partial charge in [-0.05, 0) is 32.0 Å². The molecule has 2 fully saturated rings. The van der Waals surface area contributed by atoms with Crippen LogP contribution in [0.15, 0.2) is 23.0 Å². The van der Waals surface area contributed by atoms with Gasteiger partial charge in [0.1, 0.15) is 6.04 Å². The molecular formula is C19H23F2N5O3. The fourth-order valence-electron chi connectivity index (χ4n) is 4.40. The van der Waals surface area contributed by atoms with E-state index in [0.29, 0.717) is 23.3 Å². The molecule has 0 bridgehead atoms. The zero-order valence-corrected chi connectivity index (χ0v) is 16.2. The van der Waals surface area contributed by atoms with Crippen molar-refractivity contribution in [3.05, 3.63) is 28.7 Å². The number of carbonyl (C=O) groups excluding carboxylic acids is 2. The number of aromatic nitrogens is 2. The van der Waals surface area contributed by atoms with E-state index in [1.165, 1.54) is 16.2 Å². The highest BCUT2D eigenvalue weighted by Crippen LogP contribution is 2.35. The fourth-order valence-corrected chi connectivity index (χ4v) is 4.40. The molecule has 2 amide bonds. The molecule has 2 aliphatic heterocycles. The van der Waals surface area contributed by atoms with Crippen molar-refractivity contribution in [2.75, 3.05) is 25.0 Å². The highest BCUT2D eigenvalue weighted by atomic mass is 19.3. The molecule has 2 aliphatic rings. The molecule has 156 valence electrons. The minimum Gasteiger partial charge on any atom is -0.364 e. The minimum atomic E-state index is -2.92. The number of para-hydroxylation sites is 1. The van der Waals surface area contributed by atoms with E-state index in [-0.39, 0.29) is 25.2 Å². The molecule has 0 spiro atoms. The van der Waals surface area contributed by atoms with Crippen LogP contribution < -0.4 is 21.2 Å². The summed E-state index contributed by atoms with van der Waals surface area (Å²) in [6, 6.07) is 3.40. The second kappa shape index (κ2) is 6.94. The maximum absolute atomic E-state index is 14.5. The molecule has 3 heterocycles. The number of piperidine rings is 2. The number of alkyl halides is 2. The second-order valence-electron chi connectivity index (χ2n) is 7.64. The normalized spacial score (nSPS) is 24.8. The zero-order valence-electron chi connectivity index (χ0n) is 16.2. The summed E-state index contributed by atoms with van der Waals surface area (Å²) in [5, 5.41) is 4.94. The van der Waals surface area contributed by atoms with E-state index in [2.05, 4.69) is 10.6 Å². The van der Waals surface area contributed by atoms with Crippen LogP contribution in [0.25, 0.3) is 11.0 Å². The van der Waals surface area contributed by atoms with Crippen molar-refractivity contribution in [2.45, 2.75) is 37.3 Å². The predicted molar refractivity (Wildman–Crippen MR) is 103 cm³/mol. The number of halogens is 2. The van der Waals surface area contributed by atoms with Gasteiger partial charge in [0.2, 0.25) is 11.8 Å². The first-order valence-electron chi connectivity index (χ1n) is 9.58. The maximum atomic E-state index is 14.5. The van der Waals surface area contributed by atoms with E-state index in [0.717, 1.165) is 0 Å². The lowest BCUT2D eigenvalue weighted by atomic mass is 10.00. The molecule has 4 rings (SSSR count). The standard InChI is InChI=1S/C19H23F2N5O3/c1-22-14-8-9-25(10-19(14,20)21)11-4-3-5-12-16(11)24(2)18(29)26(12)13-6-7-15(27)23-17(13)28/h3-5,13-14,22H,6-10H2,1-2H3,(H,23,27,28). The first kappa shape index (κ1) is 19.6. The van der Waals surface area contributed by atoms with Crippen molar-refractivity contribution in [2.24, 2.45) is 7.05 Å². The number of aryl methyl sites for hydroxylation is 1. The Kier molecular flexibility index (Phi) is 4.68. The number of hydrogen-bond donors (Lipinski definition) is 2. The van der Waals surface area contributed by atoms with Gasteiger partial charge in [-0.15, -0.1) is 0 Å². The number of amides is 2. The molecule has 2 saturated heterocycles. The first-order valence-corrected chi connectivity index (χ1v) is 9.58. The Labute approximate surface area is 165 Å². The number of benzene rings is 1. The molecule has 2 unspecified atom stereocenters. The molecule has 1 aromatic heterocycles. The fraction of sp³-hybridized carbons (Fsp3) is 0.526. The van der Waals surface area contributed by atoms with Crippen molar-refractivity contribution in [3.8, 4) is 0 Å². The first-order chi connectivity index (χ1) is 13.7. The van der Waals surface area contributed by atoms with Crippen molar-refractivity contribution < 1.29 is 18.4 Å². The highest BCUT2D eigenvalue weighted by molar-refractivity contribution is 6.00. The number of nitrogens with zero attached hydrogens (tertiary/aromatic N) is 3. The van der Waals surface area contributed by atoms with Gasteiger partial charge < -0.3 is 10.2 Å². The number of nitrogens with one attached hydrogen (secondary N) is 2. The van der Waals surface area contributed by atoms with E-state index >= 15 is 0 Å². The average Bonchev–Trinajstić information content (AvgIpc) is 2.92. The van der Waals surface area contributed by atoms with Crippen LogP contribution >= 0.6 is 0 Å². The molecule has 2 atom stereocenters. The Morgan fingerprint density at radius 2 is 1.97 bits per heavy atom. The number of rotatable bonds is 3. The number of hydrogen-bond acceptors (Lipinski definition) is 5. The Hall–Kier alpha value is -2.75. The molecule has 1 aromatic carbocycles. The smallest absolute Gasteiger partial charge is 0.329 e. The third-order valence-electron chi connectivity index (χ3n) is 5.89. The van der Waals surface area contributed by atoms with Gasteiger partial charge in [0, 0.05) is 20.0 Å². The maximum Gasteiger partial charge on any atom is 0.329 e. The van der Waals surface area contributed by atoms with Crippen molar-refractivity contribution >= 4 is 28.5 Å². The van der Waals surface area contributed by atoms with Crippen molar-refractivity contribution in [1.82, 2.24) is 19.8 Å². The van der Waals surface area contributed by atoms with Crippen LogP contribution in [0.1, 0.15) is 25.3 Å². The summed E-state index contributed by atoms with van der Waals surface area (Å²) in [6.07, 6.45) is 0.629. The summed E-state index contributed by atoms with van der Waals surface area (Å²) in [7, 11) is 3.09. The Bertz CT molecular complexity index is 1040. The molecule has 8 nitrogen and oxygen atoms in total. The quantitative estimate of drug-likeness (QED) is 0.734. The van der Waals surface area contributed by atoms with Gasteiger partial charge in [-0.25, -0.2) is 13.6 Å². The van der Waals surface area contributed by atoms with Gasteiger partial charge in [0.05, 0.1) is 29.3 Å². The summed E-state index contributed by atoms with van der Waals surface area (Å²) < 4.78 is 31.8. The number of imidazole rings is 1. The highest BCUT2D eigenvalue weighted by Gasteiger charge is 2.44. The summed E-state index contributed by atoms with van der Waals surface area (Å²) in [4.78, 5) is 38.4. The van der Waals surface area contributed by atoms with Crippen LogP contribution in [0.2, 0.25) is 0 Å². The van der Waals surface area contributed by atoms with Gasteiger partial charge in [0.15, 0.2) is 0 Å². The van der Waals surface area contributed by atoms with Crippen LogP contribution in [0.3, 0.4) is 0 Å². The van der Waals surface area contributed by atoms with Crippen molar-refractivity contribution in [3.63, 3.8) is 0 Å². The molecule has 29 heavy (non-hydrogen) atoms. The van der Waals surface area contributed by atoms with E-state index in [4.69, 9.17) is 0 Å². The monoisotopic (exact) mass is 407 g/mol. The number of fused-ring (bicyclic) bond motifs is 1. The lowest BCUT2D eigenvalue weighted by Crippen LogP contribution is -2.56. The van der Waals surface area contributed by atoms with Crippen LogP contribution in [0, 0.1) is 0 Å². The molecule has 0 aliphatic carbocycles. The van der Waals surface area contributed by atoms with Crippen LogP contribution in [0.4, 0.5) is 14.5 Å². The summed E-state index contributed by atoms with van der Waals surface area (Å²) in [5.74, 6) is -3.81. The average molecular weight is 407 g/mol. The summed E-state index contributed by atoms with van der Waals surface area (Å²) >= 11 is 0. The second-order valence-corrected chi connectivity index (χ2v) is 7.64. The third-order valence-corrected chi connectivity index (χ3v) is 5.89. The van der Waals surface area contributed by atoms with Gasteiger partial charge in [-0.2, -0.15) is 0 Å². The minimum absolute atomic E-state index is 0.142. The number of imide groups is 1. The lowest BCUT2D eigenvalue weighted by molar-refractivity contribution is -0.135. The SMILES string of the molecule is CNC1CCN(c2cccc3c2n(C)c(=O)n3C2CCC(=O)NC2=O)CC1(F)F. The van der Waals surface area contributed by atoms with E-state index in [9.17, 15) is 23.2 Å². The van der Waals surface area contributed by atoms with Gasteiger partial charge in [0.25, 0.3) is 5.92 Å². The predicted octanol–water partition coefficient (Wildman–Crippen LogP) is 0.751. The van der Waals surface area contributed by atoms with Crippen LogP contribution in [0.5, 0.6) is 0 Å². The molecular weight excluding hydrogens is 384 g/mol. The van der Waals surface area contributed by atoms with Crippen molar-refractivity contribution in [1.29, 1.82) is 0 Å². The topological polar surface area (TPSA) is 88.4 Å². The Morgan fingerprint density at radius 1 is 1.21 bits per heavy atom. The largest absolute Gasteiger partial charge is 0.364 e. The van der Waals surface area contributed by atoms with Crippen LogP contribution in [-0.4, -0.2) is 53.1 Å². The number of anilines is 1. The zero-order chi connectivity index (χ0) is 20.9. The molecule has 2 N–H and O–H groups in total. The van der Waals surface area contributed by atoms with E-state index in [1.54, 1.807) is 30.1 Å². The molecule has 0 saturated carbocycles. The Balaban J connectivity index is 1.80. The van der Waals surface area contributed by atoms with Crippen LogP contribution in [-0.2, 0) is 16.6 Å². The third kappa shape index (κ3) is 3.11. The van der Waals surface area contributed by atoms with Gasteiger partial charge in [-0.1, -0.05) is 6.07 Å². The summed E-state index contributed by atoms with van der Waals surface area (Å²) in [6.45, 7) is -0.0482. The lowest BCUT2D eigenvalue weighted by Gasteiger charge is -2.39. The van der Waals surface area contributed by atoms with E-state index in [1.807, 2.05) is 0 Å². The molecule has 2 aromatic rings.